The van der Waals surface area contributed by atoms with Gasteiger partial charge in [-0.3, -0.25) is 0 Å². The lowest BCUT2D eigenvalue weighted by molar-refractivity contribution is 0.141. The van der Waals surface area contributed by atoms with E-state index in [1.165, 1.54) is 25.7 Å². The maximum absolute atomic E-state index is 9.61. The summed E-state index contributed by atoms with van der Waals surface area (Å²) in [5, 5.41) is 13.7. The Morgan fingerprint density at radius 2 is 2.12 bits per heavy atom. The van der Waals surface area contributed by atoms with Crippen LogP contribution in [-0.4, -0.2) is 21.4 Å². The van der Waals surface area contributed by atoms with Gasteiger partial charge < -0.3 is 9.63 Å². The second kappa shape index (κ2) is 4.95. The summed E-state index contributed by atoms with van der Waals surface area (Å²) in [6.45, 7) is 3.80. The average Bonchev–Trinajstić information content (AvgIpc) is 2.86. The average molecular weight is 224 g/mol. The van der Waals surface area contributed by atoms with Gasteiger partial charge in [0.25, 0.3) is 0 Å². The zero-order valence-corrected chi connectivity index (χ0v) is 10.0. The van der Waals surface area contributed by atoms with Crippen LogP contribution in [0.25, 0.3) is 0 Å². The molecule has 0 radical (unpaired) electrons. The lowest BCUT2D eigenvalue weighted by Crippen LogP contribution is -2.14. The SMILES string of the molecule is CCC(c1nc(C2CCCC2)no1)C(C)O. The minimum atomic E-state index is -0.429. The first kappa shape index (κ1) is 11.6. The summed E-state index contributed by atoms with van der Waals surface area (Å²) in [5.41, 5.74) is 0. The highest BCUT2D eigenvalue weighted by atomic mass is 16.5. The van der Waals surface area contributed by atoms with Crippen molar-refractivity contribution in [1.29, 1.82) is 0 Å². The van der Waals surface area contributed by atoms with Crippen molar-refractivity contribution >= 4 is 0 Å². The zero-order chi connectivity index (χ0) is 11.5. The second-order valence-corrected chi connectivity index (χ2v) is 4.73. The van der Waals surface area contributed by atoms with Crippen LogP contribution in [0.4, 0.5) is 0 Å². The molecule has 1 aromatic heterocycles. The molecular weight excluding hydrogens is 204 g/mol. The van der Waals surface area contributed by atoms with Crippen LogP contribution in [0.5, 0.6) is 0 Å². The zero-order valence-electron chi connectivity index (χ0n) is 10.0. The van der Waals surface area contributed by atoms with E-state index >= 15 is 0 Å². The molecule has 16 heavy (non-hydrogen) atoms. The van der Waals surface area contributed by atoms with Gasteiger partial charge >= 0.3 is 0 Å². The third-order valence-electron chi connectivity index (χ3n) is 3.52. The molecule has 1 aromatic rings. The van der Waals surface area contributed by atoms with E-state index in [0.29, 0.717) is 11.8 Å². The summed E-state index contributed by atoms with van der Waals surface area (Å²) in [4.78, 5) is 4.45. The Balaban J connectivity index is 2.11. The van der Waals surface area contributed by atoms with Crippen molar-refractivity contribution in [1.82, 2.24) is 10.1 Å². The van der Waals surface area contributed by atoms with Gasteiger partial charge in [-0.2, -0.15) is 4.98 Å². The largest absolute Gasteiger partial charge is 0.393 e. The molecule has 1 aliphatic rings. The minimum Gasteiger partial charge on any atom is -0.393 e. The van der Waals surface area contributed by atoms with Gasteiger partial charge in [-0.15, -0.1) is 0 Å². The van der Waals surface area contributed by atoms with Crippen molar-refractivity contribution in [2.75, 3.05) is 0 Å². The van der Waals surface area contributed by atoms with Crippen LogP contribution in [0.1, 0.15) is 69.5 Å². The highest BCUT2D eigenvalue weighted by Crippen LogP contribution is 2.33. The molecule has 0 saturated heterocycles. The fourth-order valence-electron chi connectivity index (χ4n) is 2.47. The number of hydrogen-bond acceptors (Lipinski definition) is 4. The first-order valence-corrected chi connectivity index (χ1v) is 6.24. The molecule has 0 bridgehead atoms. The molecule has 0 spiro atoms. The van der Waals surface area contributed by atoms with Crippen LogP contribution in [0.2, 0.25) is 0 Å². The molecule has 1 aliphatic carbocycles. The predicted molar refractivity (Wildman–Crippen MR) is 60.2 cm³/mol. The highest BCUT2D eigenvalue weighted by molar-refractivity contribution is 5.01. The number of hydrogen-bond donors (Lipinski definition) is 1. The molecule has 1 N–H and O–H groups in total. The van der Waals surface area contributed by atoms with E-state index < -0.39 is 6.10 Å². The molecule has 2 rings (SSSR count). The topological polar surface area (TPSA) is 59.2 Å². The van der Waals surface area contributed by atoms with Crippen LogP contribution in [0.3, 0.4) is 0 Å². The van der Waals surface area contributed by atoms with E-state index in [1.54, 1.807) is 6.92 Å². The number of aromatic nitrogens is 2. The maximum atomic E-state index is 9.61. The molecule has 90 valence electrons. The van der Waals surface area contributed by atoms with Crippen LogP contribution in [-0.2, 0) is 0 Å². The van der Waals surface area contributed by atoms with Crippen LogP contribution in [0, 0.1) is 0 Å². The summed E-state index contributed by atoms with van der Waals surface area (Å²) in [5.74, 6) is 1.89. The molecule has 4 nitrogen and oxygen atoms in total. The van der Waals surface area contributed by atoms with Crippen LogP contribution < -0.4 is 0 Å². The molecule has 1 heterocycles. The van der Waals surface area contributed by atoms with Crippen LogP contribution in [0.15, 0.2) is 4.52 Å². The molecule has 0 amide bonds. The molecule has 0 aromatic carbocycles. The fraction of sp³-hybridized carbons (Fsp3) is 0.833. The van der Waals surface area contributed by atoms with E-state index in [1.807, 2.05) is 6.92 Å². The van der Waals surface area contributed by atoms with E-state index in [4.69, 9.17) is 4.52 Å². The maximum Gasteiger partial charge on any atom is 0.232 e. The Morgan fingerprint density at radius 1 is 1.44 bits per heavy atom. The van der Waals surface area contributed by atoms with Crippen molar-refractivity contribution in [3.8, 4) is 0 Å². The monoisotopic (exact) mass is 224 g/mol. The third kappa shape index (κ3) is 2.26. The summed E-state index contributed by atoms with van der Waals surface area (Å²) in [6, 6.07) is 0. The molecule has 0 aliphatic heterocycles. The lowest BCUT2D eigenvalue weighted by atomic mass is 10.0. The smallest absolute Gasteiger partial charge is 0.232 e. The Hall–Kier alpha value is -0.900. The molecule has 1 saturated carbocycles. The Bertz CT molecular complexity index is 330. The van der Waals surface area contributed by atoms with Crippen LogP contribution >= 0.6 is 0 Å². The van der Waals surface area contributed by atoms with Gasteiger partial charge in [0.05, 0.1) is 12.0 Å². The second-order valence-electron chi connectivity index (χ2n) is 4.73. The van der Waals surface area contributed by atoms with Crippen molar-refractivity contribution < 1.29 is 9.63 Å². The summed E-state index contributed by atoms with van der Waals surface area (Å²) in [7, 11) is 0. The molecule has 2 unspecified atom stereocenters. The third-order valence-corrected chi connectivity index (χ3v) is 3.52. The van der Waals surface area contributed by atoms with Crippen molar-refractivity contribution in [2.45, 2.75) is 63.9 Å². The van der Waals surface area contributed by atoms with Gasteiger partial charge in [-0.25, -0.2) is 0 Å². The van der Waals surface area contributed by atoms with Crippen molar-refractivity contribution in [3.05, 3.63) is 11.7 Å². The molecule has 1 fully saturated rings. The number of nitrogens with zero attached hydrogens (tertiary/aromatic N) is 2. The molecule has 4 heteroatoms. The highest BCUT2D eigenvalue weighted by Gasteiger charge is 2.26. The Labute approximate surface area is 96.1 Å². The minimum absolute atomic E-state index is 0.0253. The summed E-state index contributed by atoms with van der Waals surface area (Å²) in [6.07, 6.45) is 5.27. The standard InChI is InChI=1S/C12H20N2O2/c1-3-10(8(2)15)12-13-11(14-16-12)9-6-4-5-7-9/h8-10,15H,3-7H2,1-2H3. The molecule has 2 atom stereocenters. The number of aliphatic hydroxyl groups excluding tert-OH is 1. The van der Waals surface area contributed by atoms with Crippen molar-refractivity contribution in [2.24, 2.45) is 0 Å². The van der Waals surface area contributed by atoms with E-state index in [-0.39, 0.29) is 5.92 Å². The quantitative estimate of drug-likeness (QED) is 0.854. The van der Waals surface area contributed by atoms with Gasteiger partial charge in [0.2, 0.25) is 5.89 Å². The van der Waals surface area contributed by atoms with Gasteiger partial charge in [0, 0.05) is 5.92 Å². The van der Waals surface area contributed by atoms with E-state index in [9.17, 15) is 5.11 Å². The summed E-state index contributed by atoms with van der Waals surface area (Å²) < 4.78 is 5.27. The lowest BCUT2D eigenvalue weighted by Gasteiger charge is -2.12. The van der Waals surface area contributed by atoms with E-state index in [2.05, 4.69) is 10.1 Å². The predicted octanol–water partition coefficient (Wildman–Crippen LogP) is 2.60. The Morgan fingerprint density at radius 3 is 2.69 bits per heavy atom. The van der Waals surface area contributed by atoms with E-state index in [0.717, 1.165) is 12.2 Å². The number of aliphatic hydroxyl groups is 1. The van der Waals surface area contributed by atoms with Gasteiger partial charge in [0.1, 0.15) is 0 Å². The van der Waals surface area contributed by atoms with Crippen molar-refractivity contribution in [3.63, 3.8) is 0 Å². The normalized spacial score (nSPS) is 21.2. The number of rotatable bonds is 4. The molecular formula is C12H20N2O2. The van der Waals surface area contributed by atoms with Gasteiger partial charge in [-0.05, 0) is 26.2 Å². The Kier molecular flexibility index (Phi) is 3.59. The van der Waals surface area contributed by atoms with Gasteiger partial charge in [0.15, 0.2) is 5.82 Å². The fourth-order valence-corrected chi connectivity index (χ4v) is 2.47. The van der Waals surface area contributed by atoms with Gasteiger partial charge in [-0.1, -0.05) is 24.9 Å². The first-order valence-electron chi connectivity index (χ1n) is 6.24. The first-order chi connectivity index (χ1) is 7.72. The summed E-state index contributed by atoms with van der Waals surface area (Å²) >= 11 is 0.